The van der Waals surface area contributed by atoms with Crippen molar-refractivity contribution in [2.45, 2.75) is 12.6 Å². The summed E-state index contributed by atoms with van der Waals surface area (Å²) in [5.74, 6) is -1.02. The number of fused-ring (bicyclic) bond motifs is 1. The maximum atomic E-state index is 13.2. The van der Waals surface area contributed by atoms with E-state index in [4.69, 9.17) is 14.2 Å². The number of carbonyl (C=O) groups is 2. The number of Topliss-reactive ketones (excluding diaryl/α,β-unsaturated/α-hetero) is 1. The van der Waals surface area contributed by atoms with Gasteiger partial charge in [0.25, 0.3) is 11.7 Å². The van der Waals surface area contributed by atoms with Gasteiger partial charge in [0.15, 0.2) is 23.0 Å². The number of benzene rings is 2. The molecule has 1 atom stereocenters. The van der Waals surface area contributed by atoms with Crippen molar-refractivity contribution in [1.29, 1.82) is 0 Å². The summed E-state index contributed by atoms with van der Waals surface area (Å²) >= 11 is 1.44. The van der Waals surface area contributed by atoms with E-state index in [0.717, 1.165) is 4.88 Å². The van der Waals surface area contributed by atoms with Crippen LogP contribution < -0.4 is 14.2 Å². The number of phenolic OH excluding ortho intramolecular Hbond substituents is 1. The average Bonchev–Trinajstić information content (AvgIpc) is 3.46. The number of carbonyl (C=O) groups excluding carboxylic acids is 2. The van der Waals surface area contributed by atoms with Gasteiger partial charge in [0.05, 0.1) is 25.3 Å². The number of rotatable bonds is 5. The molecule has 9 heteroatoms. The molecule has 1 unspecified atom stereocenters. The Morgan fingerprint density at radius 2 is 1.91 bits per heavy atom. The fraction of sp³-hybridized carbons (Fsp3) is 0.200. The molecule has 2 aliphatic rings. The first-order valence-electron chi connectivity index (χ1n) is 10.6. The third kappa shape index (κ3) is 3.63. The number of para-hydroxylation sites is 1. The molecule has 1 aromatic heterocycles. The number of thiophene rings is 1. The number of ether oxygens (including phenoxy) is 3. The van der Waals surface area contributed by atoms with Crippen molar-refractivity contribution in [3.63, 3.8) is 0 Å². The Bertz CT molecular complexity index is 1300. The van der Waals surface area contributed by atoms with E-state index in [1.165, 1.54) is 23.3 Å². The molecule has 1 amide bonds. The van der Waals surface area contributed by atoms with Gasteiger partial charge in [-0.2, -0.15) is 0 Å². The number of hydrogen-bond donors (Lipinski definition) is 2. The molecular weight excluding hydrogens is 458 g/mol. The molecule has 1 fully saturated rings. The molecule has 174 valence electrons. The van der Waals surface area contributed by atoms with E-state index in [-0.39, 0.29) is 34.9 Å². The second-order valence-corrected chi connectivity index (χ2v) is 8.80. The number of nitrogens with zero attached hydrogens (tertiary/aromatic N) is 1. The van der Waals surface area contributed by atoms with Crippen molar-refractivity contribution in [3.05, 3.63) is 75.5 Å². The zero-order chi connectivity index (χ0) is 23.8. The Balaban J connectivity index is 1.68. The SMILES string of the molecule is COc1cccc(C2/C(=C(\O)c3ccc4c(c3)OCCO4)C(=O)C(=O)N2Cc2cccs2)c1O. The van der Waals surface area contributed by atoms with Gasteiger partial charge in [-0.3, -0.25) is 9.59 Å². The number of ketones is 1. The summed E-state index contributed by atoms with van der Waals surface area (Å²) in [6.07, 6.45) is 0. The zero-order valence-electron chi connectivity index (χ0n) is 18.2. The standard InChI is InChI=1S/C25H21NO7S/c1-31-18-6-2-5-16(23(18)28)21-20(24(29)25(30)26(21)13-15-4-3-11-34-15)22(27)14-7-8-17-19(12-14)33-10-9-32-17/h2-8,11-12,21,27-28H,9-10,13H2,1H3/b22-20+. The second kappa shape index (κ2) is 8.75. The highest BCUT2D eigenvalue weighted by Gasteiger charge is 2.47. The Hall–Kier alpha value is -3.98. The summed E-state index contributed by atoms with van der Waals surface area (Å²) in [5.41, 5.74) is 0.446. The van der Waals surface area contributed by atoms with Gasteiger partial charge in [-0.25, -0.2) is 0 Å². The van der Waals surface area contributed by atoms with Crippen LogP contribution in [0.3, 0.4) is 0 Å². The van der Waals surface area contributed by atoms with Gasteiger partial charge in [0, 0.05) is 16.0 Å². The van der Waals surface area contributed by atoms with Crippen LogP contribution >= 0.6 is 11.3 Å². The monoisotopic (exact) mass is 479 g/mol. The van der Waals surface area contributed by atoms with Gasteiger partial charge in [-0.15, -0.1) is 11.3 Å². The van der Waals surface area contributed by atoms with Crippen LogP contribution in [0.25, 0.3) is 5.76 Å². The third-order valence-corrected chi connectivity index (χ3v) is 6.67. The molecule has 0 saturated carbocycles. The van der Waals surface area contributed by atoms with Crippen LogP contribution in [0, 0.1) is 0 Å². The van der Waals surface area contributed by atoms with E-state index in [1.807, 2.05) is 17.5 Å². The Morgan fingerprint density at radius 1 is 1.12 bits per heavy atom. The number of amides is 1. The van der Waals surface area contributed by atoms with Crippen LogP contribution in [0.1, 0.15) is 22.0 Å². The molecular formula is C25H21NO7S. The van der Waals surface area contributed by atoms with Crippen molar-refractivity contribution in [2.24, 2.45) is 0 Å². The molecule has 8 nitrogen and oxygen atoms in total. The van der Waals surface area contributed by atoms with Crippen molar-refractivity contribution < 1.29 is 34.0 Å². The number of aliphatic hydroxyl groups is 1. The third-order valence-electron chi connectivity index (χ3n) is 5.81. The highest BCUT2D eigenvalue weighted by Crippen LogP contribution is 2.46. The summed E-state index contributed by atoms with van der Waals surface area (Å²) in [5, 5.41) is 24.0. The van der Waals surface area contributed by atoms with Crippen LogP contribution in [-0.4, -0.2) is 47.1 Å². The van der Waals surface area contributed by atoms with Gasteiger partial charge < -0.3 is 29.3 Å². The molecule has 2 aromatic carbocycles. The number of aromatic hydroxyl groups is 1. The fourth-order valence-corrected chi connectivity index (χ4v) is 4.91. The molecule has 3 aromatic rings. The normalized spacial score (nSPS) is 18.9. The smallest absolute Gasteiger partial charge is 0.295 e. The minimum atomic E-state index is -1.02. The topological polar surface area (TPSA) is 106 Å². The maximum absolute atomic E-state index is 13.2. The lowest BCUT2D eigenvalue weighted by atomic mass is 9.94. The first-order valence-corrected chi connectivity index (χ1v) is 11.4. The van der Waals surface area contributed by atoms with Crippen LogP contribution in [-0.2, 0) is 16.1 Å². The van der Waals surface area contributed by atoms with Crippen LogP contribution in [0.5, 0.6) is 23.0 Å². The van der Waals surface area contributed by atoms with E-state index >= 15 is 0 Å². The number of methoxy groups -OCH3 is 1. The predicted molar refractivity (Wildman–Crippen MR) is 124 cm³/mol. The van der Waals surface area contributed by atoms with Crippen molar-refractivity contribution in [2.75, 3.05) is 20.3 Å². The molecule has 3 heterocycles. The van der Waals surface area contributed by atoms with Crippen LogP contribution in [0.4, 0.5) is 0 Å². The molecule has 2 aliphatic heterocycles. The molecule has 1 saturated heterocycles. The highest BCUT2D eigenvalue weighted by atomic mass is 32.1. The first-order chi connectivity index (χ1) is 16.5. The van der Waals surface area contributed by atoms with Gasteiger partial charge in [0.2, 0.25) is 0 Å². The quantitative estimate of drug-likeness (QED) is 0.325. The Kier molecular flexibility index (Phi) is 5.62. The fourth-order valence-electron chi connectivity index (χ4n) is 4.21. The van der Waals surface area contributed by atoms with E-state index < -0.39 is 17.7 Å². The molecule has 0 radical (unpaired) electrons. The van der Waals surface area contributed by atoms with Gasteiger partial charge >= 0.3 is 0 Å². The summed E-state index contributed by atoms with van der Waals surface area (Å²) < 4.78 is 16.4. The lowest BCUT2D eigenvalue weighted by Gasteiger charge is -2.26. The maximum Gasteiger partial charge on any atom is 0.295 e. The van der Waals surface area contributed by atoms with Crippen molar-refractivity contribution in [3.8, 4) is 23.0 Å². The summed E-state index contributed by atoms with van der Waals surface area (Å²) in [6.45, 7) is 0.919. The zero-order valence-corrected chi connectivity index (χ0v) is 19.0. The predicted octanol–water partition coefficient (Wildman–Crippen LogP) is 3.86. The van der Waals surface area contributed by atoms with E-state index in [9.17, 15) is 19.8 Å². The summed E-state index contributed by atoms with van der Waals surface area (Å²) in [4.78, 5) is 28.6. The van der Waals surface area contributed by atoms with E-state index in [0.29, 0.717) is 30.3 Å². The summed E-state index contributed by atoms with van der Waals surface area (Å²) in [6, 6.07) is 12.3. The number of phenols is 1. The molecule has 0 bridgehead atoms. The molecule has 0 aliphatic carbocycles. The van der Waals surface area contributed by atoms with Crippen LogP contribution in [0.15, 0.2) is 59.5 Å². The minimum Gasteiger partial charge on any atom is -0.507 e. The van der Waals surface area contributed by atoms with Gasteiger partial charge in [0.1, 0.15) is 19.0 Å². The average molecular weight is 480 g/mol. The molecule has 0 spiro atoms. The Morgan fingerprint density at radius 3 is 2.65 bits per heavy atom. The number of likely N-dealkylation sites (tertiary alicyclic amines) is 1. The second-order valence-electron chi connectivity index (χ2n) is 7.76. The van der Waals surface area contributed by atoms with Crippen molar-refractivity contribution in [1.82, 2.24) is 4.90 Å². The lowest BCUT2D eigenvalue weighted by Crippen LogP contribution is -2.29. The molecule has 2 N–H and O–H groups in total. The van der Waals surface area contributed by atoms with Gasteiger partial charge in [-0.1, -0.05) is 18.2 Å². The minimum absolute atomic E-state index is 0.123. The number of hydrogen-bond acceptors (Lipinski definition) is 8. The largest absolute Gasteiger partial charge is 0.507 e. The molecule has 34 heavy (non-hydrogen) atoms. The van der Waals surface area contributed by atoms with E-state index in [1.54, 1.807) is 36.4 Å². The van der Waals surface area contributed by atoms with Gasteiger partial charge in [-0.05, 0) is 35.7 Å². The lowest BCUT2D eigenvalue weighted by molar-refractivity contribution is -0.140. The summed E-state index contributed by atoms with van der Waals surface area (Å²) in [7, 11) is 1.41. The van der Waals surface area contributed by atoms with Crippen LogP contribution in [0.2, 0.25) is 0 Å². The highest BCUT2D eigenvalue weighted by molar-refractivity contribution is 7.09. The van der Waals surface area contributed by atoms with Crippen molar-refractivity contribution >= 4 is 28.8 Å². The molecule has 5 rings (SSSR count). The van der Waals surface area contributed by atoms with E-state index in [2.05, 4.69) is 0 Å². The number of aliphatic hydroxyl groups excluding tert-OH is 1. The first kappa shape index (κ1) is 21.8. The Labute approximate surface area is 199 Å².